The van der Waals surface area contributed by atoms with Gasteiger partial charge in [-0.3, -0.25) is 4.90 Å². The first-order chi connectivity index (χ1) is 10.7. The minimum absolute atomic E-state index is 0.155. The third-order valence-corrected chi connectivity index (χ3v) is 4.28. The number of hydrogen-bond donors (Lipinski definition) is 0. The molecule has 0 spiro atoms. The Balaban J connectivity index is 1.62. The van der Waals surface area contributed by atoms with Gasteiger partial charge in [-0.1, -0.05) is 0 Å². The van der Waals surface area contributed by atoms with Crippen LogP contribution in [-0.2, 0) is 13.1 Å². The van der Waals surface area contributed by atoms with Gasteiger partial charge in [0.2, 0.25) is 0 Å². The van der Waals surface area contributed by atoms with Crippen LogP contribution in [0, 0.1) is 11.7 Å². The zero-order valence-electron chi connectivity index (χ0n) is 12.9. The molecule has 4 nitrogen and oxygen atoms in total. The molecular weight excluding hydrogens is 281 g/mol. The highest BCUT2D eigenvalue weighted by molar-refractivity contribution is 5.29. The van der Waals surface area contributed by atoms with Gasteiger partial charge in [-0.05, 0) is 43.5 Å². The monoisotopic (exact) mass is 303 g/mol. The second-order valence-electron chi connectivity index (χ2n) is 5.96. The molecule has 0 saturated carbocycles. The van der Waals surface area contributed by atoms with Crippen molar-refractivity contribution in [3.63, 3.8) is 0 Å². The Morgan fingerprint density at radius 2 is 2.32 bits per heavy atom. The van der Waals surface area contributed by atoms with Gasteiger partial charge in [-0.2, -0.15) is 0 Å². The van der Waals surface area contributed by atoms with Crippen LogP contribution in [0.5, 0.6) is 5.75 Å². The number of benzene rings is 1. The van der Waals surface area contributed by atoms with Crippen molar-refractivity contribution in [1.29, 1.82) is 0 Å². The molecule has 1 saturated heterocycles. The smallest absolute Gasteiger partial charge is 0.127 e. The van der Waals surface area contributed by atoms with E-state index in [0.717, 1.165) is 26.1 Å². The van der Waals surface area contributed by atoms with E-state index in [0.29, 0.717) is 23.8 Å². The van der Waals surface area contributed by atoms with Crippen molar-refractivity contribution >= 4 is 0 Å². The van der Waals surface area contributed by atoms with E-state index in [1.54, 1.807) is 19.2 Å². The molecule has 1 fully saturated rings. The Morgan fingerprint density at radius 1 is 1.41 bits per heavy atom. The second kappa shape index (κ2) is 6.92. The minimum atomic E-state index is -0.155. The van der Waals surface area contributed by atoms with Crippen LogP contribution < -0.4 is 4.74 Å². The van der Waals surface area contributed by atoms with E-state index < -0.39 is 0 Å². The molecule has 118 valence electrons. The number of aromatic nitrogens is 2. The standard InChI is InChI=1S/C17H22FN3O/c1-22-16-4-5-17(18)15(9-16)12-20-7-2-3-14(10-20)11-21-8-6-19-13-21/h4-6,8-9,13-14H,2-3,7,10-12H2,1H3/t14-/m0/s1. The average Bonchev–Trinajstić information content (AvgIpc) is 3.03. The molecule has 1 aliphatic heterocycles. The van der Waals surface area contributed by atoms with Crippen LogP contribution >= 0.6 is 0 Å². The maximum Gasteiger partial charge on any atom is 0.127 e. The Morgan fingerprint density at radius 3 is 3.09 bits per heavy atom. The summed E-state index contributed by atoms with van der Waals surface area (Å²) in [6.45, 7) is 3.65. The summed E-state index contributed by atoms with van der Waals surface area (Å²) < 4.78 is 21.3. The number of hydrogen-bond acceptors (Lipinski definition) is 3. The van der Waals surface area contributed by atoms with Gasteiger partial charge in [0, 0.05) is 37.6 Å². The van der Waals surface area contributed by atoms with Gasteiger partial charge < -0.3 is 9.30 Å². The van der Waals surface area contributed by atoms with E-state index >= 15 is 0 Å². The topological polar surface area (TPSA) is 30.3 Å². The molecule has 1 atom stereocenters. The molecule has 3 rings (SSSR count). The summed E-state index contributed by atoms with van der Waals surface area (Å²) in [5.41, 5.74) is 0.711. The number of methoxy groups -OCH3 is 1. The molecule has 1 aliphatic rings. The molecule has 1 aromatic heterocycles. The van der Waals surface area contributed by atoms with Gasteiger partial charge >= 0.3 is 0 Å². The first kappa shape index (κ1) is 15.0. The van der Waals surface area contributed by atoms with Crippen LogP contribution in [0.1, 0.15) is 18.4 Å². The van der Waals surface area contributed by atoms with Crippen molar-refractivity contribution in [2.45, 2.75) is 25.9 Å². The molecule has 22 heavy (non-hydrogen) atoms. The van der Waals surface area contributed by atoms with Crippen molar-refractivity contribution in [3.05, 3.63) is 48.3 Å². The fourth-order valence-corrected chi connectivity index (χ4v) is 3.18. The molecule has 0 bridgehead atoms. The maximum absolute atomic E-state index is 14.0. The number of piperidine rings is 1. The van der Waals surface area contributed by atoms with Crippen LogP contribution in [0.15, 0.2) is 36.9 Å². The molecule has 5 heteroatoms. The van der Waals surface area contributed by atoms with Crippen LogP contribution in [0.2, 0.25) is 0 Å². The highest BCUT2D eigenvalue weighted by Crippen LogP contribution is 2.23. The van der Waals surface area contributed by atoms with Crippen molar-refractivity contribution in [2.75, 3.05) is 20.2 Å². The quantitative estimate of drug-likeness (QED) is 0.851. The van der Waals surface area contributed by atoms with Gasteiger partial charge in [-0.15, -0.1) is 0 Å². The molecule has 2 aromatic rings. The Labute approximate surface area is 130 Å². The zero-order valence-corrected chi connectivity index (χ0v) is 12.9. The number of imidazole rings is 1. The Kier molecular flexibility index (Phi) is 4.73. The third kappa shape index (κ3) is 3.65. The first-order valence-electron chi connectivity index (χ1n) is 7.75. The van der Waals surface area contributed by atoms with Crippen molar-refractivity contribution in [2.24, 2.45) is 5.92 Å². The first-order valence-corrected chi connectivity index (χ1v) is 7.75. The SMILES string of the molecule is COc1ccc(F)c(CN2CCC[C@H](Cn3ccnc3)C2)c1. The lowest BCUT2D eigenvalue weighted by molar-refractivity contribution is 0.154. The van der Waals surface area contributed by atoms with Crippen molar-refractivity contribution in [3.8, 4) is 5.75 Å². The predicted molar refractivity (Wildman–Crippen MR) is 83.2 cm³/mol. The summed E-state index contributed by atoms with van der Waals surface area (Å²) >= 11 is 0. The average molecular weight is 303 g/mol. The van der Waals surface area contributed by atoms with Gasteiger partial charge in [-0.25, -0.2) is 9.37 Å². The number of nitrogens with zero attached hydrogens (tertiary/aromatic N) is 3. The van der Waals surface area contributed by atoms with E-state index in [1.165, 1.54) is 12.5 Å². The van der Waals surface area contributed by atoms with Crippen LogP contribution in [0.3, 0.4) is 0 Å². The van der Waals surface area contributed by atoms with E-state index in [-0.39, 0.29) is 5.82 Å². The van der Waals surface area contributed by atoms with E-state index in [2.05, 4.69) is 14.5 Å². The lowest BCUT2D eigenvalue weighted by atomic mass is 9.97. The highest BCUT2D eigenvalue weighted by atomic mass is 19.1. The summed E-state index contributed by atoms with van der Waals surface area (Å²) in [6.07, 6.45) is 8.05. The fraction of sp³-hybridized carbons (Fsp3) is 0.471. The predicted octanol–water partition coefficient (Wildman–Crippen LogP) is 2.94. The van der Waals surface area contributed by atoms with Crippen LogP contribution in [-0.4, -0.2) is 34.7 Å². The molecule has 2 heterocycles. The van der Waals surface area contributed by atoms with Gasteiger partial charge in [0.25, 0.3) is 0 Å². The Bertz CT molecular complexity index is 600. The third-order valence-electron chi connectivity index (χ3n) is 4.28. The minimum Gasteiger partial charge on any atom is -0.497 e. The van der Waals surface area contributed by atoms with Gasteiger partial charge in [0.15, 0.2) is 0 Å². The van der Waals surface area contributed by atoms with Crippen LogP contribution in [0.4, 0.5) is 4.39 Å². The Hall–Kier alpha value is -1.88. The molecular formula is C17H22FN3O. The number of ether oxygens (including phenoxy) is 1. The summed E-state index contributed by atoms with van der Waals surface area (Å²) in [6, 6.07) is 4.95. The summed E-state index contributed by atoms with van der Waals surface area (Å²) in [7, 11) is 1.61. The molecule has 0 unspecified atom stereocenters. The summed E-state index contributed by atoms with van der Waals surface area (Å²) in [5, 5.41) is 0. The van der Waals surface area contributed by atoms with E-state index in [9.17, 15) is 4.39 Å². The number of likely N-dealkylation sites (tertiary alicyclic amines) is 1. The maximum atomic E-state index is 14.0. The fourth-order valence-electron chi connectivity index (χ4n) is 3.18. The molecule has 0 aliphatic carbocycles. The molecule has 0 radical (unpaired) electrons. The highest BCUT2D eigenvalue weighted by Gasteiger charge is 2.21. The summed E-state index contributed by atoms with van der Waals surface area (Å²) in [4.78, 5) is 6.43. The van der Waals surface area contributed by atoms with Crippen molar-refractivity contribution < 1.29 is 9.13 Å². The lowest BCUT2D eigenvalue weighted by Gasteiger charge is -2.33. The normalized spacial score (nSPS) is 19.3. The van der Waals surface area contributed by atoms with Gasteiger partial charge in [0.1, 0.15) is 11.6 Å². The second-order valence-corrected chi connectivity index (χ2v) is 5.96. The van der Waals surface area contributed by atoms with E-state index in [1.807, 2.05) is 18.7 Å². The van der Waals surface area contributed by atoms with Gasteiger partial charge in [0.05, 0.1) is 13.4 Å². The van der Waals surface area contributed by atoms with Crippen molar-refractivity contribution in [1.82, 2.24) is 14.5 Å². The summed E-state index contributed by atoms with van der Waals surface area (Å²) in [5.74, 6) is 1.15. The molecule has 0 amide bonds. The largest absolute Gasteiger partial charge is 0.497 e. The number of halogens is 1. The van der Waals surface area contributed by atoms with E-state index in [4.69, 9.17) is 4.74 Å². The molecule has 1 aromatic carbocycles. The van der Waals surface area contributed by atoms with Crippen LogP contribution in [0.25, 0.3) is 0 Å². The zero-order chi connectivity index (χ0) is 15.4. The lowest BCUT2D eigenvalue weighted by Crippen LogP contribution is -2.36. The number of rotatable bonds is 5. The molecule has 0 N–H and O–H groups in total.